The molecule has 1 unspecified atom stereocenters. The Morgan fingerprint density at radius 2 is 2.07 bits per heavy atom. The van der Waals surface area contributed by atoms with Crippen molar-refractivity contribution in [1.29, 1.82) is 0 Å². The maximum Gasteiger partial charge on any atom is 0.213 e. The molecule has 3 N–H and O–H groups in total. The molecule has 0 spiro atoms. The van der Waals surface area contributed by atoms with Gasteiger partial charge in [0.15, 0.2) is 5.96 Å². The number of aromatic nitrogens is 1. The number of aliphatic imine (C=N–C) groups is 1. The highest BCUT2D eigenvalue weighted by Crippen LogP contribution is 2.29. The highest BCUT2D eigenvalue weighted by atomic mass is 32.1. The molecule has 3 aromatic rings. The molecule has 0 bridgehead atoms. The van der Waals surface area contributed by atoms with Crippen molar-refractivity contribution in [3.63, 3.8) is 0 Å². The number of thiophene rings is 1. The van der Waals surface area contributed by atoms with Crippen LogP contribution in [0.1, 0.15) is 30.4 Å². The zero-order valence-electron chi connectivity index (χ0n) is 16.2. The van der Waals surface area contributed by atoms with Gasteiger partial charge in [0.05, 0.1) is 13.2 Å². The Balaban J connectivity index is 1.61. The minimum atomic E-state index is -0.591. The van der Waals surface area contributed by atoms with Crippen molar-refractivity contribution in [3.8, 4) is 5.88 Å². The molecule has 148 valence electrons. The number of hydrogen-bond acceptors (Lipinski definition) is 5. The molecule has 6 nitrogen and oxygen atoms in total. The largest absolute Gasteiger partial charge is 0.478 e. The second-order valence-corrected chi connectivity index (χ2v) is 7.33. The normalized spacial score (nSPS) is 12.8. The summed E-state index contributed by atoms with van der Waals surface area (Å²) in [6, 6.07) is 14.0. The Kier molecular flexibility index (Phi) is 7.22. The Bertz CT molecular complexity index is 892. The van der Waals surface area contributed by atoms with Crippen LogP contribution in [0.2, 0.25) is 0 Å². The zero-order valence-corrected chi connectivity index (χ0v) is 17.0. The number of nitrogens with zero attached hydrogens (tertiary/aromatic N) is 2. The lowest BCUT2D eigenvalue weighted by molar-refractivity contribution is 0.184. The Labute approximate surface area is 169 Å². The molecule has 2 heterocycles. The van der Waals surface area contributed by atoms with Gasteiger partial charge < -0.3 is 20.5 Å². The molecule has 0 aliphatic rings. The van der Waals surface area contributed by atoms with Crippen LogP contribution < -0.4 is 15.4 Å². The van der Waals surface area contributed by atoms with Crippen LogP contribution in [-0.2, 0) is 6.54 Å². The van der Waals surface area contributed by atoms with E-state index < -0.39 is 6.10 Å². The molecule has 0 fully saturated rings. The molecule has 0 saturated carbocycles. The van der Waals surface area contributed by atoms with Crippen molar-refractivity contribution in [1.82, 2.24) is 15.6 Å². The quantitative estimate of drug-likeness (QED) is 0.400. The van der Waals surface area contributed by atoms with Crippen LogP contribution in [0.15, 0.2) is 53.7 Å². The first-order valence-electron chi connectivity index (χ1n) is 9.46. The number of aliphatic hydroxyl groups is 1. The summed E-state index contributed by atoms with van der Waals surface area (Å²) < 4.78 is 6.61. The van der Waals surface area contributed by atoms with E-state index in [1.807, 2.05) is 44.2 Å². The van der Waals surface area contributed by atoms with E-state index in [1.165, 1.54) is 4.70 Å². The Morgan fingerprint density at radius 3 is 2.86 bits per heavy atom. The van der Waals surface area contributed by atoms with E-state index in [0.29, 0.717) is 31.5 Å². The molecule has 0 amide bonds. The predicted molar refractivity (Wildman–Crippen MR) is 115 cm³/mol. The second-order valence-electron chi connectivity index (χ2n) is 6.21. The fourth-order valence-electron chi connectivity index (χ4n) is 2.75. The van der Waals surface area contributed by atoms with Gasteiger partial charge in [0.25, 0.3) is 0 Å². The van der Waals surface area contributed by atoms with Gasteiger partial charge in [-0.25, -0.2) is 9.98 Å². The van der Waals surface area contributed by atoms with E-state index in [4.69, 9.17) is 4.74 Å². The summed E-state index contributed by atoms with van der Waals surface area (Å²) in [7, 11) is 0. The average Bonchev–Trinajstić information content (AvgIpc) is 3.15. The molecule has 1 atom stereocenters. The van der Waals surface area contributed by atoms with E-state index in [0.717, 1.165) is 22.4 Å². The maximum absolute atomic E-state index is 10.6. The number of nitrogens with one attached hydrogen (secondary N) is 2. The molecule has 7 heteroatoms. The highest BCUT2D eigenvalue weighted by Gasteiger charge is 2.12. The first kappa shape index (κ1) is 20.1. The van der Waals surface area contributed by atoms with Crippen LogP contribution in [-0.4, -0.2) is 35.7 Å². The smallest absolute Gasteiger partial charge is 0.213 e. The number of benzene rings is 1. The molecular weight excluding hydrogens is 372 g/mol. The molecule has 0 radical (unpaired) electrons. The molecule has 3 rings (SSSR count). The van der Waals surface area contributed by atoms with Crippen molar-refractivity contribution in [2.45, 2.75) is 26.5 Å². The third-order valence-corrected chi connectivity index (χ3v) is 5.31. The summed E-state index contributed by atoms with van der Waals surface area (Å²) in [4.78, 5) is 9.71. The van der Waals surface area contributed by atoms with Crippen molar-refractivity contribution < 1.29 is 9.84 Å². The highest BCUT2D eigenvalue weighted by molar-refractivity contribution is 7.19. The van der Waals surface area contributed by atoms with Crippen LogP contribution in [0.25, 0.3) is 10.1 Å². The lowest BCUT2D eigenvalue weighted by atomic mass is 10.2. The standard InChI is InChI=1S/C21H26N4O2S/c1-3-22-21(24-13-15-9-10-23-20(11-15)27-4-2)25-14-17(26)19-12-16-7-5-6-8-18(16)28-19/h5-12,17,26H,3-4,13-14H2,1-2H3,(H2,22,24,25). The fraction of sp³-hybridized carbons (Fsp3) is 0.333. The predicted octanol–water partition coefficient (Wildman–Crippen LogP) is 3.48. The zero-order chi connectivity index (χ0) is 19.8. The molecule has 0 aliphatic heterocycles. The summed E-state index contributed by atoms with van der Waals surface area (Å²) in [6.45, 7) is 6.15. The van der Waals surface area contributed by atoms with Crippen LogP contribution in [0.3, 0.4) is 0 Å². The summed E-state index contributed by atoms with van der Waals surface area (Å²) in [5, 5.41) is 18.1. The van der Waals surface area contributed by atoms with E-state index in [2.05, 4.69) is 32.7 Å². The number of hydrogen-bond donors (Lipinski definition) is 3. The number of rotatable bonds is 8. The summed E-state index contributed by atoms with van der Waals surface area (Å²) >= 11 is 1.62. The minimum absolute atomic E-state index is 0.388. The molecule has 2 aromatic heterocycles. The molecular formula is C21H26N4O2S. The number of fused-ring (bicyclic) bond motifs is 1. The van der Waals surface area contributed by atoms with Crippen molar-refractivity contribution in [3.05, 3.63) is 59.1 Å². The number of pyridine rings is 1. The fourth-order valence-corrected chi connectivity index (χ4v) is 3.80. The van der Waals surface area contributed by atoms with Gasteiger partial charge in [0.1, 0.15) is 6.10 Å². The summed E-state index contributed by atoms with van der Waals surface area (Å²) in [6.07, 6.45) is 1.13. The number of aliphatic hydroxyl groups excluding tert-OH is 1. The number of guanidine groups is 1. The lowest BCUT2D eigenvalue weighted by Crippen LogP contribution is -2.39. The SMILES string of the molecule is CCNC(=NCc1ccnc(OCC)c1)NCC(O)c1cc2ccccc2s1. The molecule has 0 saturated heterocycles. The van der Waals surface area contributed by atoms with E-state index >= 15 is 0 Å². The average molecular weight is 399 g/mol. The first-order chi connectivity index (χ1) is 13.7. The topological polar surface area (TPSA) is 78.8 Å². The van der Waals surface area contributed by atoms with E-state index in [1.54, 1.807) is 17.5 Å². The third kappa shape index (κ3) is 5.43. The van der Waals surface area contributed by atoms with Gasteiger partial charge in [-0.1, -0.05) is 18.2 Å². The molecule has 0 aliphatic carbocycles. The third-order valence-electron chi connectivity index (χ3n) is 4.09. The van der Waals surface area contributed by atoms with Gasteiger partial charge in [0.2, 0.25) is 5.88 Å². The van der Waals surface area contributed by atoms with Crippen LogP contribution in [0.5, 0.6) is 5.88 Å². The van der Waals surface area contributed by atoms with Gasteiger partial charge >= 0.3 is 0 Å². The van der Waals surface area contributed by atoms with Gasteiger partial charge in [-0.2, -0.15) is 0 Å². The van der Waals surface area contributed by atoms with Gasteiger partial charge in [-0.3, -0.25) is 0 Å². The van der Waals surface area contributed by atoms with Gasteiger partial charge in [-0.15, -0.1) is 11.3 Å². The van der Waals surface area contributed by atoms with Crippen LogP contribution in [0, 0.1) is 0 Å². The molecule has 28 heavy (non-hydrogen) atoms. The molecule has 1 aromatic carbocycles. The summed E-state index contributed by atoms with van der Waals surface area (Å²) in [5.74, 6) is 1.27. The Hall–Kier alpha value is -2.64. The van der Waals surface area contributed by atoms with E-state index in [9.17, 15) is 5.11 Å². The van der Waals surface area contributed by atoms with E-state index in [-0.39, 0.29) is 0 Å². The van der Waals surface area contributed by atoms with Crippen LogP contribution >= 0.6 is 11.3 Å². The Morgan fingerprint density at radius 1 is 1.21 bits per heavy atom. The van der Waals surface area contributed by atoms with Gasteiger partial charge in [-0.05, 0) is 43.0 Å². The van der Waals surface area contributed by atoms with Crippen molar-refractivity contribution >= 4 is 27.4 Å². The van der Waals surface area contributed by atoms with Crippen molar-refractivity contribution in [2.24, 2.45) is 4.99 Å². The second kappa shape index (κ2) is 10.1. The summed E-state index contributed by atoms with van der Waals surface area (Å²) in [5.41, 5.74) is 1.01. The number of ether oxygens (including phenoxy) is 1. The maximum atomic E-state index is 10.6. The van der Waals surface area contributed by atoms with Crippen molar-refractivity contribution in [2.75, 3.05) is 19.7 Å². The monoisotopic (exact) mass is 398 g/mol. The lowest BCUT2D eigenvalue weighted by Gasteiger charge is -2.14. The van der Waals surface area contributed by atoms with Gasteiger partial charge in [0, 0.05) is 34.9 Å². The van der Waals surface area contributed by atoms with Crippen LogP contribution in [0.4, 0.5) is 0 Å². The minimum Gasteiger partial charge on any atom is -0.478 e. The first-order valence-corrected chi connectivity index (χ1v) is 10.3.